The zero-order valence-electron chi connectivity index (χ0n) is 24.6. The van der Waals surface area contributed by atoms with Crippen LogP contribution in [0.2, 0.25) is 0 Å². The van der Waals surface area contributed by atoms with Gasteiger partial charge in [0.1, 0.15) is 19.0 Å². The fourth-order valence-corrected chi connectivity index (χ4v) is 9.48. The highest BCUT2D eigenvalue weighted by Crippen LogP contribution is 2.70. The Bertz CT molecular complexity index is 1530. The molecular weight excluding hydrogens is 546 g/mol. The molecule has 0 unspecified atom stereocenters. The molecule has 0 aromatic heterocycles. The molecule has 0 amide bonds. The van der Waals surface area contributed by atoms with Crippen molar-refractivity contribution in [1.29, 1.82) is 0 Å². The lowest BCUT2D eigenvalue weighted by Crippen LogP contribution is -2.63. The number of ether oxygens (including phenoxy) is 3. The van der Waals surface area contributed by atoms with Gasteiger partial charge in [-0.2, -0.15) is 0 Å². The zero-order valence-corrected chi connectivity index (χ0v) is 24.6. The van der Waals surface area contributed by atoms with Crippen LogP contribution in [0, 0.1) is 28.6 Å². The van der Waals surface area contributed by atoms with Crippen molar-refractivity contribution in [2.75, 3.05) is 12.3 Å². The number of para-hydroxylation sites is 1. The van der Waals surface area contributed by atoms with Gasteiger partial charge < -0.3 is 30.2 Å². The second-order valence-corrected chi connectivity index (χ2v) is 13.4. The summed E-state index contributed by atoms with van der Waals surface area (Å²) >= 11 is 0. The number of nitrogens with two attached hydrogens (primary N) is 1. The third-order valence-electron chi connectivity index (χ3n) is 11.3. The lowest BCUT2D eigenvalue weighted by Gasteiger charge is -2.59. The quantitative estimate of drug-likeness (QED) is 0.425. The molecule has 8 heteroatoms. The maximum Gasteiger partial charge on any atom is 0.193 e. The standard InChI is InChI=1S/C35H39NO7/c1-33-13-12-23(38)15-21(33)10-11-24-26-16-30-35(29(40)18-37,34(26,2)17-27(39)31(24)33)43-32(42-30)25-8-3-4-9-28(25)41-19-20-6-5-7-22(36)14-20/h3-9,12-15,24,26-27,30-32,37,39H,10-11,16-19,36H2,1-2H3/t24-,26-,27-,30+,31+,32-,33-,34-,35+/m0/s1. The number of anilines is 1. The summed E-state index contributed by atoms with van der Waals surface area (Å²) in [6.07, 6.45) is 5.62. The van der Waals surface area contributed by atoms with Crippen LogP contribution in [0.25, 0.3) is 0 Å². The number of benzene rings is 2. The molecule has 2 aromatic rings. The van der Waals surface area contributed by atoms with E-state index in [1.165, 1.54) is 0 Å². The summed E-state index contributed by atoms with van der Waals surface area (Å²) in [5, 5.41) is 22.1. The van der Waals surface area contributed by atoms with Gasteiger partial charge in [-0.15, -0.1) is 0 Å². The first kappa shape index (κ1) is 28.5. The van der Waals surface area contributed by atoms with Crippen LogP contribution >= 0.6 is 0 Å². The minimum absolute atomic E-state index is 0.00559. The van der Waals surface area contributed by atoms with Crippen LogP contribution in [0.5, 0.6) is 5.75 Å². The zero-order chi connectivity index (χ0) is 30.1. The molecule has 4 aliphatic carbocycles. The highest BCUT2D eigenvalue weighted by molar-refractivity contribution is 6.01. The lowest BCUT2D eigenvalue weighted by molar-refractivity contribution is -0.201. The normalized spacial score (nSPS) is 39.3. The Morgan fingerprint density at radius 2 is 1.98 bits per heavy atom. The smallest absolute Gasteiger partial charge is 0.193 e. The first-order valence-corrected chi connectivity index (χ1v) is 15.3. The van der Waals surface area contributed by atoms with Crippen molar-refractivity contribution in [2.24, 2.45) is 28.6 Å². The van der Waals surface area contributed by atoms with Crippen molar-refractivity contribution < 1.29 is 34.0 Å². The van der Waals surface area contributed by atoms with Gasteiger partial charge in [-0.25, -0.2) is 0 Å². The molecule has 8 nitrogen and oxygen atoms in total. The van der Waals surface area contributed by atoms with Crippen LogP contribution < -0.4 is 10.5 Å². The Morgan fingerprint density at radius 3 is 2.77 bits per heavy atom. The highest BCUT2D eigenvalue weighted by Gasteiger charge is 2.76. The Labute approximate surface area is 251 Å². The molecule has 4 fully saturated rings. The number of aliphatic hydroxyl groups excluding tert-OH is 2. The molecule has 3 saturated carbocycles. The maximum atomic E-state index is 13.8. The predicted octanol–water partition coefficient (Wildman–Crippen LogP) is 4.45. The molecule has 226 valence electrons. The van der Waals surface area contributed by atoms with Crippen molar-refractivity contribution >= 4 is 17.3 Å². The van der Waals surface area contributed by atoms with Gasteiger partial charge in [-0.1, -0.05) is 55.8 Å². The third-order valence-corrected chi connectivity index (χ3v) is 11.3. The van der Waals surface area contributed by atoms with Gasteiger partial charge in [0.25, 0.3) is 0 Å². The van der Waals surface area contributed by atoms with Gasteiger partial charge in [0.2, 0.25) is 0 Å². The molecule has 7 rings (SSSR count). The first-order chi connectivity index (χ1) is 20.6. The van der Waals surface area contributed by atoms with Gasteiger partial charge in [0, 0.05) is 28.0 Å². The van der Waals surface area contributed by atoms with Crippen molar-refractivity contribution in [2.45, 2.75) is 70.2 Å². The van der Waals surface area contributed by atoms with Gasteiger partial charge in [0.05, 0.1) is 12.2 Å². The third kappa shape index (κ3) is 4.10. The van der Waals surface area contributed by atoms with E-state index in [0.29, 0.717) is 36.4 Å². The van der Waals surface area contributed by atoms with Crippen LogP contribution in [-0.2, 0) is 25.7 Å². The van der Waals surface area contributed by atoms with E-state index in [4.69, 9.17) is 19.9 Å². The van der Waals surface area contributed by atoms with Crippen LogP contribution in [0.1, 0.15) is 56.9 Å². The van der Waals surface area contributed by atoms with E-state index in [0.717, 1.165) is 24.0 Å². The molecule has 1 saturated heterocycles. The molecule has 4 N–H and O–H groups in total. The number of Topliss-reactive ketones (excluding diaryl/α,β-unsaturated/α-hetero) is 1. The van der Waals surface area contributed by atoms with Crippen molar-refractivity contribution in [1.82, 2.24) is 0 Å². The van der Waals surface area contributed by atoms with Gasteiger partial charge in [0.15, 0.2) is 23.5 Å². The number of fused-ring (bicyclic) bond motifs is 7. The molecule has 0 radical (unpaired) electrons. The van der Waals surface area contributed by atoms with E-state index in [9.17, 15) is 19.8 Å². The average molecular weight is 586 g/mol. The van der Waals surface area contributed by atoms with E-state index in [-0.39, 0.29) is 23.5 Å². The highest BCUT2D eigenvalue weighted by atomic mass is 16.7. The molecule has 2 aromatic carbocycles. The second kappa shape index (κ2) is 10.1. The number of allylic oxidation sites excluding steroid dienone is 4. The lowest BCUT2D eigenvalue weighted by atomic mass is 9.46. The molecule has 5 aliphatic rings. The Kier molecular flexibility index (Phi) is 6.70. The minimum atomic E-state index is -1.42. The fraction of sp³-hybridized carbons (Fsp3) is 0.486. The van der Waals surface area contributed by atoms with Gasteiger partial charge >= 0.3 is 0 Å². The Morgan fingerprint density at radius 1 is 1.16 bits per heavy atom. The SMILES string of the molecule is C[C@]12C=CC(=O)C=C1CC[C@@H]1[C@@H]2[C@@H](O)C[C@@]2(C)[C@H]1C[C@H]1O[C@H](c3ccccc3OCc3cccc(N)c3)O[C@]12C(=O)CO. The van der Waals surface area contributed by atoms with Crippen LogP contribution in [0.15, 0.2) is 72.3 Å². The summed E-state index contributed by atoms with van der Waals surface area (Å²) in [5.74, 6) is 0.190. The largest absolute Gasteiger partial charge is 0.488 e. The van der Waals surface area contributed by atoms with Gasteiger partial charge in [-0.05, 0) is 73.4 Å². The van der Waals surface area contributed by atoms with E-state index in [1.54, 1.807) is 12.2 Å². The van der Waals surface area contributed by atoms with Crippen LogP contribution in [-0.4, -0.2) is 46.2 Å². The monoisotopic (exact) mass is 585 g/mol. The molecule has 1 heterocycles. The maximum absolute atomic E-state index is 13.8. The van der Waals surface area contributed by atoms with Crippen LogP contribution in [0.3, 0.4) is 0 Å². The van der Waals surface area contributed by atoms with Crippen molar-refractivity contribution in [3.05, 3.63) is 83.5 Å². The number of ketones is 2. The fourth-order valence-electron chi connectivity index (χ4n) is 9.48. The van der Waals surface area contributed by atoms with E-state index < -0.39 is 47.3 Å². The molecule has 9 atom stereocenters. The summed E-state index contributed by atoms with van der Waals surface area (Å²) in [4.78, 5) is 26.0. The van der Waals surface area contributed by atoms with E-state index in [1.807, 2.05) is 61.5 Å². The summed E-state index contributed by atoms with van der Waals surface area (Å²) in [6, 6.07) is 15.0. The second-order valence-electron chi connectivity index (χ2n) is 13.4. The Balaban J connectivity index is 1.21. The van der Waals surface area contributed by atoms with Gasteiger partial charge in [-0.3, -0.25) is 9.59 Å². The summed E-state index contributed by atoms with van der Waals surface area (Å²) in [5.41, 5.74) is 6.65. The minimum Gasteiger partial charge on any atom is -0.488 e. The average Bonchev–Trinajstić information content (AvgIpc) is 3.49. The van der Waals surface area contributed by atoms with E-state index >= 15 is 0 Å². The van der Waals surface area contributed by atoms with Crippen molar-refractivity contribution in [3.8, 4) is 5.75 Å². The number of aliphatic hydroxyl groups is 2. The number of hydrogen-bond donors (Lipinski definition) is 3. The molecule has 0 spiro atoms. The molecular formula is C35H39NO7. The molecule has 0 bridgehead atoms. The summed E-state index contributed by atoms with van der Waals surface area (Å²) < 4.78 is 19.6. The Hall–Kier alpha value is -3.30. The number of carbonyl (C=O) groups excluding carboxylic acids is 2. The van der Waals surface area contributed by atoms with Crippen LogP contribution in [0.4, 0.5) is 5.69 Å². The predicted molar refractivity (Wildman–Crippen MR) is 159 cm³/mol. The van der Waals surface area contributed by atoms with Crippen molar-refractivity contribution in [3.63, 3.8) is 0 Å². The summed E-state index contributed by atoms with van der Waals surface area (Å²) in [6.45, 7) is 3.77. The number of carbonyl (C=O) groups is 2. The molecule has 43 heavy (non-hydrogen) atoms. The first-order valence-electron chi connectivity index (χ1n) is 15.3. The number of nitrogen functional groups attached to an aromatic ring is 1. The number of rotatable bonds is 6. The topological polar surface area (TPSA) is 128 Å². The molecule has 1 aliphatic heterocycles. The summed E-state index contributed by atoms with van der Waals surface area (Å²) in [7, 11) is 0. The van der Waals surface area contributed by atoms with E-state index in [2.05, 4.69) is 6.92 Å². The number of hydrogen-bond acceptors (Lipinski definition) is 8.